The zero-order chi connectivity index (χ0) is 17.6. The summed E-state index contributed by atoms with van der Waals surface area (Å²) in [6.45, 7) is 3.38. The molecule has 0 radical (unpaired) electrons. The van der Waals surface area contributed by atoms with Crippen molar-refractivity contribution in [3.05, 3.63) is 35.4 Å². The number of rotatable bonds is 7. The van der Waals surface area contributed by atoms with Crippen LogP contribution in [-0.4, -0.2) is 51.2 Å². The predicted molar refractivity (Wildman–Crippen MR) is 93.0 cm³/mol. The van der Waals surface area contributed by atoms with Crippen molar-refractivity contribution in [1.29, 1.82) is 0 Å². The second-order valence-electron chi connectivity index (χ2n) is 6.15. The van der Waals surface area contributed by atoms with Crippen molar-refractivity contribution >= 4 is 15.9 Å². The molecule has 134 valence electrons. The molecule has 0 aromatic heterocycles. The lowest BCUT2D eigenvalue weighted by Gasteiger charge is -2.31. The van der Waals surface area contributed by atoms with Gasteiger partial charge in [-0.3, -0.25) is 4.79 Å². The highest BCUT2D eigenvalue weighted by Gasteiger charge is 2.31. The molecule has 1 aromatic carbocycles. The first-order chi connectivity index (χ1) is 11.4. The van der Waals surface area contributed by atoms with Crippen LogP contribution in [0.25, 0.3) is 0 Å². The van der Waals surface area contributed by atoms with Crippen molar-refractivity contribution in [2.24, 2.45) is 5.92 Å². The summed E-state index contributed by atoms with van der Waals surface area (Å²) >= 11 is 0. The number of ether oxygens (including phenoxy) is 1. The minimum atomic E-state index is -3.36. The number of carbonyl (C=O) groups is 1. The summed E-state index contributed by atoms with van der Waals surface area (Å²) in [6, 6.07) is 7.90. The summed E-state index contributed by atoms with van der Waals surface area (Å²) in [5.41, 5.74) is 2.21. The fourth-order valence-corrected chi connectivity index (χ4v) is 4.31. The van der Waals surface area contributed by atoms with Crippen LogP contribution < -0.4 is 5.32 Å². The molecule has 1 aliphatic heterocycles. The molecule has 2 rings (SSSR count). The van der Waals surface area contributed by atoms with Crippen molar-refractivity contribution in [1.82, 2.24) is 9.62 Å². The lowest BCUT2D eigenvalue weighted by molar-refractivity contribution is -0.126. The van der Waals surface area contributed by atoms with Crippen molar-refractivity contribution < 1.29 is 17.9 Å². The number of aryl methyl sites for hydroxylation is 1. The third kappa shape index (κ3) is 5.03. The van der Waals surface area contributed by atoms with Crippen LogP contribution in [0.15, 0.2) is 24.3 Å². The maximum absolute atomic E-state index is 12.4. The highest BCUT2D eigenvalue weighted by molar-refractivity contribution is 7.89. The van der Waals surface area contributed by atoms with Crippen LogP contribution in [0.4, 0.5) is 0 Å². The molecule has 0 bridgehead atoms. The van der Waals surface area contributed by atoms with Crippen LogP contribution in [0.3, 0.4) is 0 Å². The van der Waals surface area contributed by atoms with Crippen LogP contribution in [0.2, 0.25) is 0 Å². The minimum absolute atomic E-state index is 0.0406. The Balaban J connectivity index is 1.92. The number of hydrogen-bond donors (Lipinski definition) is 1. The molecule has 1 N–H and O–H groups in total. The molecular formula is C17H26N2O4S. The van der Waals surface area contributed by atoms with Crippen molar-refractivity contribution in [3.8, 4) is 0 Å². The fraction of sp³-hybridized carbons (Fsp3) is 0.588. The summed E-state index contributed by atoms with van der Waals surface area (Å²) in [6.07, 6.45) is 1.42. The van der Waals surface area contributed by atoms with E-state index in [9.17, 15) is 13.2 Å². The van der Waals surface area contributed by atoms with E-state index in [1.54, 1.807) is 0 Å². The largest absolute Gasteiger partial charge is 0.384 e. The Hall–Kier alpha value is -1.44. The Morgan fingerprint density at radius 3 is 2.83 bits per heavy atom. The molecule has 1 saturated heterocycles. The quantitative estimate of drug-likeness (QED) is 0.801. The van der Waals surface area contributed by atoms with E-state index in [1.165, 1.54) is 11.4 Å². The fourth-order valence-electron chi connectivity index (χ4n) is 2.86. The van der Waals surface area contributed by atoms with Gasteiger partial charge in [-0.15, -0.1) is 0 Å². The Bertz CT molecular complexity index is 660. The predicted octanol–water partition coefficient (Wildman–Crippen LogP) is 1.30. The Labute approximate surface area is 144 Å². The number of amides is 1. The van der Waals surface area contributed by atoms with Gasteiger partial charge in [0.15, 0.2) is 0 Å². The van der Waals surface area contributed by atoms with Crippen LogP contribution >= 0.6 is 0 Å². The van der Waals surface area contributed by atoms with E-state index in [1.807, 2.05) is 31.2 Å². The zero-order valence-electron chi connectivity index (χ0n) is 14.3. The number of methoxy groups -OCH3 is 1. The van der Waals surface area contributed by atoms with Gasteiger partial charge in [0, 0.05) is 26.7 Å². The molecule has 1 heterocycles. The van der Waals surface area contributed by atoms with Crippen LogP contribution in [-0.2, 0) is 26.1 Å². The van der Waals surface area contributed by atoms with Crippen LogP contribution in [0, 0.1) is 12.8 Å². The highest BCUT2D eigenvalue weighted by Crippen LogP contribution is 2.20. The van der Waals surface area contributed by atoms with Gasteiger partial charge in [-0.1, -0.05) is 24.3 Å². The van der Waals surface area contributed by atoms with Crippen LogP contribution in [0.1, 0.15) is 24.0 Å². The molecule has 1 unspecified atom stereocenters. The highest BCUT2D eigenvalue weighted by atomic mass is 32.2. The van der Waals surface area contributed by atoms with Gasteiger partial charge in [-0.25, -0.2) is 12.7 Å². The van der Waals surface area contributed by atoms with Crippen LogP contribution in [0.5, 0.6) is 0 Å². The molecule has 7 heteroatoms. The van der Waals surface area contributed by atoms with Gasteiger partial charge in [-0.05, 0) is 30.9 Å². The maximum Gasteiger partial charge on any atom is 0.224 e. The van der Waals surface area contributed by atoms with E-state index in [0.29, 0.717) is 19.5 Å². The molecule has 0 aliphatic carbocycles. The second kappa shape index (κ2) is 8.60. The van der Waals surface area contributed by atoms with Gasteiger partial charge in [0.2, 0.25) is 15.9 Å². The summed E-state index contributed by atoms with van der Waals surface area (Å²) in [7, 11) is -1.88. The number of nitrogens with one attached hydrogen (secondary N) is 1. The van der Waals surface area contributed by atoms with Gasteiger partial charge in [0.05, 0.1) is 18.3 Å². The Kier molecular flexibility index (Phi) is 6.77. The van der Waals surface area contributed by atoms with E-state index in [4.69, 9.17) is 4.74 Å². The zero-order valence-corrected chi connectivity index (χ0v) is 15.1. The lowest BCUT2D eigenvalue weighted by atomic mass is 9.98. The molecule has 1 atom stereocenters. The number of nitrogens with zero attached hydrogens (tertiary/aromatic N) is 1. The van der Waals surface area contributed by atoms with E-state index in [-0.39, 0.29) is 30.7 Å². The average molecular weight is 354 g/mol. The number of piperidine rings is 1. The first kappa shape index (κ1) is 18.9. The first-order valence-corrected chi connectivity index (χ1v) is 9.84. The van der Waals surface area contributed by atoms with E-state index < -0.39 is 10.0 Å². The average Bonchev–Trinajstić information content (AvgIpc) is 2.59. The summed E-state index contributed by atoms with van der Waals surface area (Å²) in [5.74, 6) is -0.411. The third-order valence-electron chi connectivity index (χ3n) is 4.41. The molecule has 0 spiro atoms. The van der Waals surface area contributed by atoms with Crippen molar-refractivity contribution in [2.75, 3.05) is 32.6 Å². The molecule has 1 fully saturated rings. The van der Waals surface area contributed by atoms with E-state index >= 15 is 0 Å². The number of sulfonamides is 1. The minimum Gasteiger partial charge on any atom is -0.384 e. The monoisotopic (exact) mass is 354 g/mol. The maximum atomic E-state index is 12.4. The van der Waals surface area contributed by atoms with Gasteiger partial charge < -0.3 is 10.1 Å². The third-order valence-corrected chi connectivity index (χ3v) is 6.21. The van der Waals surface area contributed by atoms with Gasteiger partial charge >= 0.3 is 0 Å². The molecule has 0 saturated carbocycles. The second-order valence-corrected chi connectivity index (χ2v) is 8.24. The van der Waals surface area contributed by atoms with Gasteiger partial charge in [-0.2, -0.15) is 0 Å². The van der Waals surface area contributed by atoms with Gasteiger partial charge in [0.25, 0.3) is 0 Å². The van der Waals surface area contributed by atoms with Gasteiger partial charge in [0.1, 0.15) is 0 Å². The smallest absolute Gasteiger partial charge is 0.224 e. The lowest BCUT2D eigenvalue weighted by Crippen LogP contribution is -2.46. The van der Waals surface area contributed by atoms with Crippen molar-refractivity contribution in [3.63, 3.8) is 0 Å². The van der Waals surface area contributed by atoms with E-state index in [2.05, 4.69) is 5.32 Å². The number of benzene rings is 1. The van der Waals surface area contributed by atoms with E-state index in [0.717, 1.165) is 17.5 Å². The first-order valence-electron chi connectivity index (χ1n) is 8.23. The summed E-state index contributed by atoms with van der Waals surface area (Å²) in [4.78, 5) is 12.4. The normalized spacial score (nSPS) is 19.2. The molecule has 1 aromatic rings. The standard InChI is InChI=1S/C17H26N2O4S/c1-14-6-3-4-7-15(14)12-18-17(20)16-8-5-9-19(13-16)24(21,22)11-10-23-2/h3-4,6-7,16H,5,8-13H2,1-2H3,(H,18,20). The number of carbonyl (C=O) groups excluding carboxylic acids is 1. The molecule has 1 amide bonds. The Morgan fingerprint density at radius 2 is 2.12 bits per heavy atom. The summed E-state index contributed by atoms with van der Waals surface area (Å²) < 4.78 is 30.8. The molecule has 24 heavy (non-hydrogen) atoms. The van der Waals surface area contributed by atoms with Crippen molar-refractivity contribution in [2.45, 2.75) is 26.3 Å². The SMILES string of the molecule is COCCS(=O)(=O)N1CCCC(C(=O)NCc2ccccc2C)C1. The Morgan fingerprint density at radius 1 is 1.38 bits per heavy atom. The summed E-state index contributed by atoms with van der Waals surface area (Å²) in [5, 5.41) is 2.94. The topological polar surface area (TPSA) is 75.7 Å². The number of hydrogen-bond acceptors (Lipinski definition) is 4. The molecule has 1 aliphatic rings. The molecular weight excluding hydrogens is 328 g/mol. The molecule has 6 nitrogen and oxygen atoms in total.